The molecule has 0 N–H and O–H groups in total. The van der Waals surface area contributed by atoms with Crippen LogP contribution in [0.2, 0.25) is 0 Å². The average Bonchev–Trinajstić information content (AvgIpc) is 2.15. The second kappa shape index (κ2) is 4.14. The summed E-state index contributed by atoms with van der Waals surface area (Å²) < 4.78 is 4.96. The van der Waals surface area contributed by atoms with E-state index in [0.717, 1.165) is 5.56 Å². The molecule has 0 radical (unpaired) electrons. The van der Waals surface area contributed by atoms with E-state index in [2.05, 4.69) is 4.98 Å². The van der Waals surface area contributed by atoms with E-state index >= 15 is 0 Å². The lowest BCUT2D eigenvalue weighted by Crippen LogP contribution is -1.84. The Bertz CT molecular complexity index is 326. The van der Waals surface area contributed by atoms with Crippen LogP contribution in [0.3, 0.4) is 0 Å². The quantitative estimate of drug-likeness (QED) is 0.617. The molecule has 0 fully saturated rings. The Labute approximate surface area is 70.9 Å². The minimum Gasteiger partial charge on any atom is -0.495 e. The Morgan fingerprint density at radius 1 is 1.58 bits per heavy atom. The van der Waals surface area contributed by atoms with Crippen LogP contribution in [-0.4, -0.2) is 12.1 Å². The molecule has 1 heterocycles. The van der Waals surface area contributed by atoms with Crippen molar-refractivity contribution >= 4 is 6.08 Å². The molecule has 60 valence electrons. The summed E-state index contributed by atoms with van der Waals surface area (Å²) in [4.78, 5) is 3.92. The summed E-state index contributed by atoms with van der Waals surface area (Å²) in [5.74, 6) is 0.690. The van der Waals surface area contributed by atoms with Crippen LogP contribution in [0, 0.1) is 11.3 Å². The van der Waals surface area contributed by atoms with E-state index in [4.69, 9.17) is 10.00 Å². The van der Waals surface area contributed by atoms with Crippen molar-refractivity contribution < 1.29 is 4.74 Å². The lowest BCUT2D eigenvalue weighted by Gasteiger charge is -1.97. The van der Waals surface area contributed by atoms with Crippen molar-refractivity contribution in [1.82, 2.24) is 4.98 Å². The van der Waals surface area contributed by atoms with E-state index in [0.29, 0.717) is 5.75 Å². The topological polar surface area (TPSA) is 45.9 Å². The van der Waals surface area contributed by atoms with Gasteiger partial charge in [0.2, 0.25) is 0 Å². The molecular weight excluding hydrogens is 152 g/mol. The maximum Gasteiger partial charge on any atom is 0.137 e. The van der Waals surface area contributed by atoms with Gasteiger partial charge in [-0.1, -0.05) is 0 Å². The van der Waals surface area contributed by atoms with Gasteiger partial charge in [0.15, 0.2) is 0 Å². The highest BCUT2D eigenvalue weighted by Gasteiger charge is 1.91. The number of rotatable bonds is 2. The van der Waals surface area contributed by atoms with E-state index in [1.165, 1.54) is 6.08 Å². The summed E-state index contributed by atoms with van der Waals surface area (Å²) in [5.41, 5.74) is 0.857. The molecule has 0 aliphatic carbocycles. The van der Waals surface area contributed by atoms with Gasteiger partial charge in [0.1, 0.15) is 5.75 Å². The molecule has 0 amide bonds. The van der Waals surface area contributed by atoms with E-state index in [1.807, 2.05) is 6.07 Å². The molecule has 0 aliphatic heterocycles. The Morgan fingerprint density at radius 3 is 3.08 bits per heavy atom. The number of hydrogen-bond donors (Lipinski definition) is 0. The zero-order valence-corrected chi connectivity index (χ0v) is 6.69. The molecular formula is C9H8N2O. The molecule has 0 atom stereocenters. The summed E-state index contributed by atoms with van der Waals surface area (Å²) in [6, 6.07) is 3.71. The van der Waals surface area contributed by atoms with Crippen LogP contribution in [-0.2, 0) is 0 Å². The van der Waals surface area contributed by atoms with Gasteiger partial charge in [-0.25, -0.2) is 0 Å². The van der Waals surface area contributed by atoms with Crippen LogP contribution in [0.25, 0.3) is 6.08 Å². The summed E-state index contributed by atoms with van der Waals surface area (Å²) >= 11 is 0. The van der Waals surface area contributed by atoms with Crippen molar-refractivity contribution in [2.45, 2.75) is 0 Å². The molecule has 12 heavy (non-hydrogen) atoms. The summed E-state index contributed by atoms with van der Waals surface area (Å²) in [6.45, 7) is 0. The minimum atomic E-state index is 0.690. The van der Waals surface area contributed by atoms with E-state index < -0.39 is 0 Å². The predicted octanol–water partition coefficient (Wildman–Crippen LogP) is 1.63. The smallest absolute Gasteiger partial charge is 0.137 e. The number of allylic oxidation sites excluding steroid dienone is 1. The van der Waals surface area contributed by atoms with Crippen molar-refractivity contribution in [3.63, 3.8) is 0 Å². The van der Waals surface area contributed by atoms with Gasteiger partial charge in [0, 0.05) is 12.3 Å². The Balaban J connectivity index is 2.88. The summed E-state index contributed by atoms with van der Waals surface area (Å²) in [6.07, 6.45) is 6.35. The number of nitriles is 1. The van der Waals surface area contributed by atoms with Crippen LogP contribution in [0.1, 0.15) is 5.56 Å². The fraction of sp³-hybridized carbons (Fsp3) is 0.111. The van der Waals surface area contributed by atoms with Crippen molar-refractivity contribution in [3.05, 3.63) is 30.1 Å². The highest BCUT2D eigenvalue weighted by molar-refractivity contribution is 5.52. The number of methoxy groups -OCH3 is 1. The first-order chi connectivity index (χ1) is 5.86. The lowest BCUT2D eigenvalue weighted by molar-refractivity contribution is 0.413. The van der Waals surface area contributed by atoms with Gasteiger partial charge in [-0.05, 0) is 17.7 Å². The number of aromatic nitrogens is 1. The molecule has 1 aromatic rings. The van der Waals surface area contributed by atoms with Crippen LogP contribution in [0.15, 0.2) is 24.5 Å². The monoisotopic (exact) mass is 160 g/mol. The third-order valence-corrected chi connectivity index (χ3v) is 1.32. The molecule has 0 saturated carbocycles. The minimum absolute atomic E-state index is 0.690. The molecule has 0 aliphatic rings. The van der Waals surface area contributed by atoms with Crippen molar-refractivity contribution in [3.8, 4) is 11.8 Å². The Morgan fingerprint density at radius 2 is 2.42 bits per heavy atom. The standard InChI is InChI=1S/C9H8N2O/c1-12-9-5-8(3-2-4-10)6-11-7-9/h2-3,5-7H,1H3/b3-2+. The van der Waals surface area contributed by atoms with Gasteiger partial charge in [-0.2, -0.15) is 5.26 Å². The van der Waals surface area contributed by atoms with Crippen LogP contribution < -0.4 is 4.74 Å². The highest BCUT2D eigenvalue weighted by atomic mass is 16.5. The average molecular weight is 160 g/mol. The molecule has 0 spiro atoms. The van der Waals surface area contributed by atoms with Gasteiger partial charge in [0.05, 0.1) is 19.4 Å². The number of pyridine rings is 1. The first-order valence-corrected chi connectivity index (χ1v) is 3.42. The SMILES string of the molecule is COc1cncc(/C=C/C#N)c1. The second-order valence-corrected chi connectivity index (χ2v) is 2.12. The van der Waals surface area contributed by atoms with E-state index in [-0.39, 0.29) is 0 Å². The first kappa shape index (κ1) is 8.28. The first-order valence-electron chi connectivity index (χ1n) is 3.42. The van der Waals surface area contributed by atoms with Crippen LogP contribution in [0.4, 0.5) is 0 Å². The van der Waals surface area contributed by atoms with Crippen LogP contribution in [0.5, 0.6) is 5.75 Å². The Hall–Kier alpha value is -1.82. The number of ether oxygens (including phenoxy) is 1. The van der Waals surface area contributed by atoms with Gasteiger partial charge >= 0.3 is 0 Å². The third-order valence-electron chi connectivity index (χ3n) is 1.32. The molecule has 0 bridgehead atoms. The molecule has 1 rings (SSSR count). The van der Waals surface area contributed by atoms with E-state index in [1.54, 1.807) is 31.6 Å². The second-order valence-electron chi connectivity index (χ2n) is 2.12. The fourth-order valence-electron chi connectivity index (χ4n) is 0.772. The van der Waals surface area contributed by atoms with Crippen molar-refractivity contribution in [2.75, 3.05) is 7.11 Å². The van der Waals surface area contributed by atoms with Crippen LogP contribution >= 0.6 is 0 Å². The maximum absolute atomic E-state index is 8.27. The summed E-state index contributed by atoms with van der Waals surface area (Å²) in [5, 5.41) is 8.27. The fourth-order valence-corrected chi connectivity index (χ4v) is 0.772. The number of nitrogens with zero attached hydrogens (tertiary/aromatic N) is 2. The van der Waals surface area contributed by atoms with Gasteiger partial charge in [0.25, 0.3) is 0 Å². The third kappa shape index (κ3) is 2.10. The predicted molar refractivity (Wildman–Crippen MR) is 45.4 cm³/mol. The van der Waals surface area contributed by atoms with Gasteiger partial charge < -0.3 is 4.74 Å². The highest BCUT2D eigenvalue weighted by Crippen LogP contribution is 2.10. The van der Waals surface area contributed by atoms with Gasteiger partial charge in [-0.3, -0.25) is 4.98 Å². The van der Waals surface area contributed by atoms with Crippen molar-refractivity contribution in [1.29, 1.82) is 5.26 Å². The van der Waals surface area contributed by atoms with Gasteiger partial charge in [-0.15, -0.1) is 0 Å². The zero-order valence-electron chi connectivity index (χ0n) is 6.69. The zero-order chi connectivity index (χ0) is 8.81. The largest absolute Gasteiger partial charge is 0.495 e. The normalized spacial score (nSPS) is 9.67. The molecule has 0 aromatic carbocycles. The van der Waals surface area contributed by atoms with E-state index in [9.17, 15) is 0 Å². The number of hydrogen-bond acceptors (Lipinski definition) is 3. The Kier molecular flexibility index (Phi) is 2.86. The molecule has 3 nitrogen and oxygen atoms in total. The molecule has 0 unspecified atom stereocenters. The molecule has 0 saturated heterocycles. The maximum atomic E-state index is 8.27. The molecule has 3 heteroatoms. The lowest BCUT2D eigenvalue weighted by atomic mass is 10.2. The van der Waals surface area contributed by atoms with Crippen molar-refractivity contribution in [2.24, 2.45) is 0 Å². The molecule has 1 aromatic heterocycles. The summed E-state index contributed by atoms with van der Waals surface area (Å²) in [7, 11) is 1.58.